The van der Waals surface area contributed by atoms with Gasteiger partial charge in [0.15, 0.2) is 0 Å². The van der Waals surface area contributed by atoms with Gasteiger partial charge in [0.2, 0.25) is 15.9 Å². The highest BCUT2D eigenvalue weighted by Gasteiger charge is 2.18. The van der Waals surface area contributed by atoms with Crippen molar-refractivity contribution < 1.29 is 13.2 Å². The summed E-state index contributed by atoms with van der Waals surface area (Å²) in [5, 5.41) is 10.9. The Bertz CT molecular complexity index is 604. The minimum absolute atomic E-state index is 0.0431. The summed E-state index contributed by atoms with van der Waals surface area (Å²) in [5.74, 6) is -0.467. The van der Waals surface area contributed by atoms with E-state index in [2.05, 4.69) is 10.0 Å². The molecule has 1 aromatic carbocycles. The van der Waals surface area contributed by atoms with Crippen LogP contribution in [0.3, 0.4) is 0 Å². The fourth-order valence-electron chi connectivity index (χ4n) is 1.19. The van der Waals surface area contributed by atoms with Crippen molar-refractivity contribution in [1.29, 1.82) is 5.26 Å². The van der Waals surface area contributed by atoms with Gasteiger partial charge in [0.25, 0.3) is 0 Å². The van der Waals surface area contributed by atoms with Gasteiger partial charge in [-0.3, -0.25) is 4.79 Å². The van der Waals surface area contributed by atoms with E-state index in [0.29, 0.717) is 0 Å². The van der Waals surface area contributed by atoms with E-state index in [4.69, 9.17) is 11.0 Å². The van der Waals surface area contributed by atoms with Crippen LogP contribution in [0.5, 0.6) is 0 Å². The average Bonchev–Trinajstić information content (AvgIpc) is 2.35. The zero-order valence-corrected chi connectivity index (χ0v) is 10.4. The number of nitrogens with two attached hydrogens (primary N) is 1. The second kappa shape index (κ2) is 5.48. The normalized spacial score (nSPS) is 10.7. The Labute approximate surface area is 105 Å². The summed E-state index contributed by atoms with van der Waals surface area (Å²) in [6.45, 7) is -0.377. The van der Waals surface area contributed by atoms with Crippen LogP contribution < -0.4 is 15.8 Å². The van der Waals surface area contributed by atoms with Gasteiger partial charge in [0.05, 0.1) is 23.9 Å². The number of nitrogens with zero attached hydrogens (tertiary/aromatic N) is 1. The lowest BCUT2D eigenvalue weighted by Gasteiger charge is -2.08. The van der Waals surface area contributed by atoms with Crippen LogP contribution in [-0.4, -0.2) is 27.9 Å². The number of nitrogens with one attached hydrogen (secondary N) is 2. The third kappa shape index (κ3) is 3.19. The third-order valence-corrected chi connectivity index (χ3v) is 3.61. The van der Waals surface area contributed by atoms with Gasteiger partial charge in [0.1, 0.15) is 4.90 Å². The monoisotopic (exact) mass is 268 g/mol. The summed E-state index contributed by atoms with van der Waals surface area (Å²) in [4.78, 5) is 10.8. The van der Waals surface area contributed by atoms with Crippen LogP contribution in [0.1, 0.15) is 5.56 Å². The zero-order chi connectivity index (χ0) is 13.8. The van der Waals surface area contributed by atoms with Gasteiger partial charge < -0.3 is 11.1 Å². The highest BCUT2D eigenvalue weighted by Crippen LogP contribution is 2.18. The number of benzene rings is 1. The first-order valence-corrected chi connectivity index (χ1v) is 6.39. The molecule has 0 aliphatic heterocycles. The van der Waals surface area contributed by atoms with Gasteiger partial charge in [-0.1, -0.05) is 0 Å². The smallest absolute Gasteiger partial charge is 0.243 e. The number of hydrogen-bond acceptors (Lipinski definition) is 5. The molecule has 18 heavy (non-hydrogen) atoms. The SMILES string of the molecule is CNC(=O)CNS(=O)(=O)c1ccc(C#N)cc1N. The van der Waals surface area contributed by atoms with Crippen LogP contribution >= 0.6 is 0 Å². The molecule has 0 aliphatic rings. The summed E-state index contributed by atoms with van der Waals surface area (Å²) in [6.07, 6.45) is 0. The molecule has 0 fully saturated rings. The molecule has 0 aromatic heterocycles. The number of carbonyl (C=O) groups is 1. The van der Waals surface area contributed by atoms with Crippen molar-refractivity contribution in [2.75, 3.05) is 19.3 Å². The molecule has 1 amide bonds. The predicted molar refractivity (Wildman–Crippen MR) is 64.8 cm³/mol. The van der Waals surface area contributed by atoms with E-state index in [-0.39, 0.29) is 22.7 Å². The Kier molecular flexibility index (Phi) is 4.25. The molecule has 4 N–H and O–H groups in total. The number of rotatable bonds is 4. The number of likely N-dealkylation sites (N-methyl/N-ethyl adjacent to an activating group) is 1. The molecule has 0 atom stereocenters. The highest BCUT2D eigenvalue weighted by molar-refractivity contribution is 7.89. The Balaban J connectivity index is 2.99. The Morgan fingerprint density at radius 1 is 1.50 bits per heavy atom. The fraction of sp³-hybridized carbons (Fsp3) is 0.200. The summed E-state index contributed by atoms with van der Waals surface area (Å²) in [6, 6.07) is 5.67. The van der Waals surface area contributed by atoms with Crippen molar-refractivity contribution in [2.24, 2.45) is 0 Å². The van der Waals surface area contributed by atoms with Gasteiger partial charge in [-0.2, -0.15) is 5.26 Å². The van der Waals surface area contributed by atoms with Crippen LogP contribution in [-0.2, 0) is 14.8 Å². The first kappa shape index (κ1) is 14.0. The van der Waals surface area contributed by atoms with Crippen molar-refractivity contribution >= 4 is 21.6 Å². The lowest BCUT2D eigenvalue weighted by atomic mass is 10.2. The van der Waals surface area contributed by atoms with Crippen molar-refractivity contribution in [2.45, 2.75) is 4.90 Å². The van der Waals surface area contributed by atoms with Crippen LogP contribution in [0.4, 0.5) is 5.69 Å². The van der Waals surface area contributed by atoms with Crippen molar-refractivity contribution in [3.63, 3.8) is 0 Å². The number of amides is 1. The van der Waals surface area contributed by atoms with Crippen molar-refractivity contribution in [3.05, 3.63) is 23.8 Å². The largest absolute Gasteiger partial charge is 0.398 e. The standard InChI is InChI=1S/C10H12N4O3S/c1-13-10(15)6-14-18(16,17)9-3-2-7(5-11)4-8(9)12/h2-4,14H,6,12H2,1H3,(H,13,15). The predicted octanol–water partition coefficient (Wildman–Crippen LogP) is -0.835. The molecule has 0 spiro atoms. The molecule has 1 aromatic rings. The van der Waals surface area contributed by atoms with E-state index in [0.717, 1.165) is 0 Å². The molecule has 8 heteroatoms. The molecule has 1 rings (SSSR count). The van der Waals surface area contributed by atoms with E-state index >= 15 is 0 Å². The first-order chi connectivity index (χ1) is 8.40. The van der Waals surface area contributed by atoms with E-state index in [1.807, 2.05) is 6.07 Å². The van der Waals surface area contributed by atoms with Crippen molar-refractivity contribution in [1.82, 2.24) is 10.0 Å². The lowest BCUT2D eigenvalue weighted by Crippen LogP contribution is -2.35. The molecular formula is C10H12N4O3S. The van der Waals surface area contributed by atoms with E-state index in [1.165, 1.54) is 25.2 Å². The van der Waals surface area contributed by atoms with E-state index in [1.54, 1.807) is 0 Å². The summed E-state index contributed by atoms with van der Waals surface area (Å²) in [5.41, 5.74) is 5.77. The van der Waals surface area contributed by atoms with Gasteiger partial charge >= 0.3 is 0 Å². The molecule has 0 saturated heterocycles. The topological polar surface area (TPSA) is 125 Å². The van der Waals surface area contributed by atoms with Crippen LogP contribution in [0, 0.1) is 11.3 Å². The van der Waals surface area contributed by atoms with E-state index in [9.17, 15) is 13.2 Å². The third-order valence-electron chi connectivity index (χ3n) is 2.13. The highest BCUT2D eigenvalue weighted by atomic mass is 32.2. The Morgan fingerprint density at radius 3 is 2.67 bits per heavy atom. The molecule has 0 saturated carbocycles. The minimum atomic E-state index is -3.87. The number of hydrogen-bond donors (Lipinski definition) is 3. The molecular weight excluding hydrogens is 256 g/mol. The number of anilines is 1. The molecule has 0 heterocycles. The maximum Gasteiger partial charge on any atom is 0.243 e. The molecule has 96 valence electrons. The maximum atomic E-state index is 11.8. The number of nitrogen functional groups attached to an aromatic ring is 1. The first-order valence-electron chi connectivity index (χ1n) is 4.90. The summed E-state index contributed by atoms with van der Waals surface area (Å²) < 4.78 is 25.7. The fourth-order valence-corrected chi connectivity index (χ4v) is 2.28. The van der Waals surface area contributed by atoms with Crippen molar-refractivity contribution in [3.8, 4) is 6.07 Å². The second-order valence-corrected chi connectivity index (χ2v) is 5.10. The lowest BCUT2D eigenvalue weighted by molar-refractivity contribution is -0.119. The molecule has 0 unspecified atom stereocenters. The maximum absolute atomic E-state index is 11.8. The number of carbonyl (C=O) groups excluding carboxylic acids is 1. The molecule has 0 aliphatic carbocycles. The van der Waals surface area contributed by atoms with Crippen LogP contribution in [0.25, 0.3) is 0 Å². The van der Waals surface area contributed by atoms with Gasteiger partial charge in [0, 0.05) is 7.05 Å². The van der Waals surface area contributed by atoms with Crippen LogP contribution in [0.15, 0.2) is 23.1 Å². The van der Waals surface area contributed by atoms with Gasteiger partial charge in [-0.25, -0.2) is 13.1 Å². The zero-order valence-electron chi connectivity index (χ0n) is 9.60. The van der Waals surface area contributed by atoms with Gasteiger partial charge in [-0.15, -0.1) is 0 Å². The summed E-state index contributed by atoms with van der Waals surface area (Å²) >= 11 is 0. The second-order valence-electron chi connectivity index (χ2n) is 3.36. The van der Waals surface area contributed by atoms with Gasteiger partial charge in [-0.05, 0) is 18.2 Å². The quantitative estimate of drug-likeness (QED) is 0.614. The summed E-state index contributed by atoms with van der Waals surface area (Å²) in [7, 11) is -2.47. The molecule has 0 radical (unpaired) electrons. The average molecular weight is 268 g/mol. The van der Waals surface area contributed by atoms with Crippen LogP contribution in [0.2, 0.25) is 0 Å². The number of nitriles is 1. The Hall–Kier alpha value is -2.11. The Morgan fingerprint density at radius 2 is 2.17 bits per heavy atom. The molecule has 7 nitrogen and oxygen atoms in total. The molecule has 0 bridgehead atoms. The van der Waals surface area contributed by atoms with E-state index < -0.39 is 15.9 Å². The number of sulfonamides is 1. The minimum Gasteiger partial charge on any atom is -0.398 e.